The van der Waals surface area contributed by atoms with Crippen molar-refractivity contribution in [2.45, 2.75) is 45.3 Å². The van der Waals surface area contributed by atoms with Gasteiger partial charge in [0, 0.05) is 12.6 Å². The van der Waals surface area contributed by atoms with E-state index in [1.54, 1.807) is 15.9 Å². The van der Waals surface area contributed by atoms with Crippen LogP contribution < -0.4 is 0 Å². The van der Waals surface area contributed by atoms with Gasteiger partial charge in [0.15, 0.2) is 0 Å². The van der Waals surface area contributed by atoms with Gasteiger partial charge in [0.1, 0.15) is 24.0 Å². The normalized spacial score (nSPS) is 26.6. The van der Waals surface area contributed by atoms with Crippen molar-refractivity contribution >= 4 is 11.8 Å². The number of piperazine rings is 1. The first-order valence-corrected chi connectivity index (χ1v) is 7.10. The number of amides is 2. The van der Waals surface area contributed by atoms with E-state index in [1.807, 2.05) is 13.8 Å². The summed E-state index contributed by atoms with van der Waals surface area (Å²) in [6.07, 6.45) is 3.16. The lowest BCUT2D eigenvalue weighted by Crippen LogP contribution is -2.63. The lowest BCUT2D eigenvalue weighted by Gasteiger charge is -2.43. The van der Waals surface area contributed by atoms with Gasteiger partial charge in [-0.25, -0.2) is 0 Å². The van der Waals surface area contributed by atoms with Gasteiger partial charge in [-0.15, -0.1) is 0 Å². The van der Waals surface area contributed by atoms with Crippen molar-refractivity contribution in [3.05, 3.63) is 18.0 Å². The second-order valence-electron chi connectivity index (χ2n) is 5.84. The van der Waals surface area contributed by atoms with Crippen molar-refractivity contribution in [1.29, 1.82) is 0 Å². The quantitative estimate of drug-likeness (QED) is 0.827. The van der Waals surface area contributed by atoms with Crippen LogP contribution in [-0.4, -0.2) is 45.4 Å². The number of carbonyl (C=O) groups is 2. The van der Waals surface area contributed by atoms with Crippen molar-refractivity contribution < 1.29 is 14.1 Å². The lowest BCUT2D eigenvalue weighted by atomic mass is 9.95. The van der Waals surface area contributed by atoms with Crippen LogP contribution in [0.15, 0.2) is 16.9 Å². The van der Waals surface area contributed by atoms with E-state index in [4.69, 9.17) is 4.52 Å². The molecule has 0 spiro atoms. The Bertz CT molecular complexity index is 512. The standard InChI is InChI=1S/C14H19N3O3/c1-9(2)12-14(19)16-6-3-4-11(16)13(18)17(12)8-10-5-7-20-15-10/h5,7,9,11-12H,3-4,6,8H2,1-2H3. The van der Waals surface area contributed by atoms with E-state index < -0.39 is 6.04 Å². The molecule has 6 nitrogen and oxygen atoms in total. The molecule has 2 atom stereocenters. The summed E-state index contributed by atoms with van der Waals surface area (Å²) in [5.41, 5.74) is 0.684. The predicted octanol–water partition coefficient (Wildman–Crippen LogP) is 1.03. The number of fused-ring (bicyclic) bond motifs is 1. The number of carbonyl (C=O) groups excluding carboxylic acids is 2. The summed E-state index contributed by atoms with van der Waals surface area (Å²) in [6, 6.07) is 1.06. The molecule has 0 aliphatic carbocycles. The van der Waals surface area contributed by atoms with Crippen LogP contribution in [0.3, 0.4) is 0 Å². The van der Waals surface area contributed by atoms with Gasteiger partial charge in [-0.3, -0.25) is 9.59 Å². The molecule has 2 unspecified atom stereocenters. The van der Waals surface area contributed by atoms with Crippen molar-refractivity contribution in [3.63, 3.8) is 0 Å². The highest BCUT2D eigenvalue weighted by molar-refractivity contribution is 5.97. The van der Waals surface area contributed by atoms with Crippen molar-refractivity contribution in [2.24, 2.45) is 5.92 Å². The van der Waals surface area contributed by atoms with Gasteiger partial charge in [-0.2, -0.15) is 0 Å². The van der Waals surface area contributed by atoms with Gasteiger partial charge in [0.2, 0.25) is 11.8 Å². The molecule has 0 radical (unpaired) electrons. The monoisotopic (exact) mass is 277 g/mol. The van der Waals surface area contributed by atoms with Crippen molar-refractivity contribution in [2.75, 3.05) is 6.54 Å². The number of hydrogen-bond acceptors (Lipinski definition) is 4. The summed E-state index contributed by atoms with van der Waals surface area (Å²) in [7, 11) is 0. The topological polar surface area (TPSA) is 66.7 Å². The maximum Gasteiger partial charge on any atom is 0.246 e. The highest BCUT2D eigenvalue weighted by Gasteiger charge is 2.48. The molecular weight excluding hydrogens is 258 g/mol. The fraction of sp³-hybridized carbons (Fsp3) is 0.643. The van der Waals surface area contributed by atoms with Crippen LogP contribution in [-0.2, 0) is 16.1 Å². The first-order valence-electron chi connectivity index (χ1n) is 7.10. The highest BCUT2D eigenvalue weighted by Crippen LogP contribution is 2.30. The Balaban J connectivity index is 1.91. The number of aromatic nitrogens is 1. The molecule has 2 saturated heterocycles. The summed E-state index contributed by atoms with van der Waals surface area (Å²) in [4.78, 5) is 28.7. The highest BCUT2D eigenvalue weighted by atomic mass is 16.5. The molecule has 3 rings (SSSR count). The fourth-order valence-corrected chi connectivity index (χ4v) is 3.23. The van der Waals surface area contributed by atoms with Crippen molar-refractivity contribution in [1.82, 2.24) is 15.0 Å². The Morgan fingerprint density at radius 3 is 2.85 bits per heavy atom. The Hall–Kier alpha value is -1.85. The zero-order chi connectivity index (χ0) is 14.3. The third-order valence-electron chi connectivity index (χ3n) is 4.15. The van der Waals surface area contributed by atoms with Crippen molar-refractivity contribution in [3.8, 4) is 0 Å². The molecule has 1 aromatic rings. The second-order valence-corrected chi connectivity index (χ2v) is 5.84. The average molecular weight is 277 g/mol. The largest absolute Gasteiger partial charge is 0.364 e. The maximum absolute atomic E-state index is 12.7. The molecule has 2 amide bonds. The Kier molecular flexibility index (Phi) is 3.23. The van der Waals surface area contributed by atoms with Gasteiger partial charge in [-0.05, 0) is 18.8 Å². The van der Waals surface area contributed by atoms with Crippen LogP contribution in [0.1, 0.15) is 32.4 Å². The predicted molar refractivity (Wildman–Crippen MR) is 70.4 cm³/mol. The minimum Gasteiger partial charge on any atom is -0.364 e. The first kappa shape index (κ1) is 13.1. The molecule has 0 saturated carbocycles. The zero-order valence-electron chi connectivity index (χ0n) is 11.8. The number of rotatable bonds is 3. The van der Waals surface area contributed by atoms with Crippen LogP contribution in [0.5, 0.6) is 0 Å². The molecule has 2 aliphatic heterocycles. The van der Waals surface area contributed by atoms with E-state index in [0.717, 1.165) is 12.8 Å². The number of nitrogens with zero attached hydrogens (tertiary/aromatic N) is 3. The van der Waals surface area contributed by atoms with Gasteiger partial charge in [0.05, 0.1) is 6.54 Å². The van der Waals surface area contributed by atoms with E-state index in [2.05, 4.69) is 5.16 Å². The molecule has 2 fully saturated rings. The van der Waals surface area contributed by atoms with E-state index in [0.29, 0.717) is 18.8 Å². The molecule has 108 valence electrons. The Labute approximate surface area is 117 Å². The van der Waals surface area contributed by atoms with Gasteiger partial charge < -0.3 is 14.3 Å². The second kappa shape index (κ2) is 4.92. The van der Waals surface area contributed by atoms with Gasteiger partial charge in [0.25, 0.3) is 0 Å². The third kappa shape index (κ3) is 1.99. The van der Waals surface area contributed by atoms with E-state index >= 15 is 0 Å². The van der Waals surface area contributed by atoms with E-state index in [-0.39, 0.29) is 23.8 Å². The third-order valence-corrected chi connectivity index (χ3v) is 4.15. The summed E-state index contributed by atoms with van der Waals surface area (Å²) in [6.45, 7) is 4.99. The van der Waals surface area contributed by atoms with Gasteiger partial charge in [-0.1, -0.05) is 19.0 Å². The minimum absolute atomic E-state index is 0.0452. The van der Waals surface area contributed by atoms with Crippen LogP contribution in [0.4, 0.5) is 0 Å². The van der Waals surface area contributed by atoms with Crippen LogP contribution in [0.2, 0.25) is 0 Å². The van der Waals surface area contributed by atoms with E-state index in [1.165, 1.54) is 6.26 Å². The number of hydrogen-bond donors (Lipinski definition) is 0. The molecular formula is C14H19N3O3. The zero-order valence-corrected chi connectivity index (χ0v) is 11.8. The summed E-state index contributed by atoms with van der Waals surface area (Å²) < 4.78 is 4.82. The Morgan fingerprint density at radius 1 is 1.40 bits per heavy atom. The van der Waals surface area contributed by atoms with Crippen LogP contribution in [0.25, 0.3) is 0 Å². The molecule has 3 heterocycles. The summed E-state index contributed by atoms with van der Waals surface area (Å²) >= 11 is 0. The van der Waals surface area contributed by atoms with Crippen LogP contribution >= 0.6 is 0 Å². The maximum atomic E-state index is 12.7. The summed E-state index contributed by atoms with van der Waals surface area (Å²) in [5.74, 6) is 0.203. The average Bonchev–Trinajstić information content (AvgIpc) is 3.06. The smallest absolute Gasteiger partial charge is 0.246 e. The molecule has 20 heavy (non-hydrogen) atoms. The van der Waals surface area contributed by atoms with E-state index in [9.17, 15) is 9.59 Å². The molecule has 0 N–H and O–H groups in total. The molecule has 0 bridgehead atoms. The Morgan fingerprint density at radius 2 is 2.20 bits per heavy atom. The molecule has 0 aromatic carbocycles. The minimum atomic E-state index is -0.395. The molecule has 6 heteroatoms. The van der Waals surface area contributed by atoms with Crippen LogP contribution in [0, 0.1) is 5.92 Å². The van der Waals surface area contributed by atoms with Gasteiger partial charge >= 0.3 is 0 Å². The first-order chi connectivity index (χ1) is 9.59. The lowest BCUT2D eigenvalue weighted by molar-refractivity contribution is -0.162. The molecule has 1 aromatic heterocycles. The SMILES string of the molecule is CC(C)C1C(=O)N2CCCC2C(=O)N1Cc1ccon1. The molecule has 2 aliphatic rings. The summed E-state index contributed by atoms with van der Waals surface area (Å²) in [5, 5.41) is 3.86. The fourth-order valence-electron chi connectivity index (χ4n) is 3.23.